The molecule has 1 N–H and O–H groups in total. The van der Waals surface area contributed by atoms with Crippen LogP contribution in [0.3, 0.4) is 0 Å². The molecule has 1 amide bonds. The van der Waals surface area contributed by atoms with E-state index in [0.717, 1.165) is 12.8 Å². The molecule has 1 heterocycles. The number of ether oxygens (including phenoxy) is 1. The van der Waals surface area contributed by atoms with Crippen molar-refractivity contribution in [2.45, 2.75) is 19.8 Å². The number of carbonyl (C=O) groups excluding carboxylic acids is 1. The highest BCUT2D eigenvalue weighted by molar-refractivity contribution is 7.13. The van der Waals surface area contributed by atoms with E-state index in [1.54, 1.807) is 5.51 Å². The SMILES string of the molecule is CCCCOC(=O)Nc1nncs1. The van der Waals surface area contributed by atoms with Gasteiger partial charge in [-0.15, -0.1) is 10.2 Å². The number of nitrogens with zero attached hydrogens (tertiary/aromatic N) is 2. The molecule has 0 aliphatic carbocycles. The van der Waals surface area contributed by atoms with Gasteiger partial charge in [-0.1, -0.05) is 24.7 Å². The molecule has 5 nitrogen and oxygen atoms in total. The van der Waals surface area contributed by atoms with Crippen molar-refractivity contribution in [1.82, 2.24) is 10.2 Å². The minimum atomic E-state index is -0.467. The summed E-state index contributed by atoms with van der Waals surface area (Å²) in [5.41, 5.74) is 1.54. The molecule has 0 fully saturated rings. The first-order chi connectivity index (χ1) is 6.33. The van der Waals surface area contributed by atoms with Crippen LogP contribution in [0.15, 0.2) is 5.51 Å². The van der Waals surface area contributed by atoms with E-state index >= 15 is 0 Å². The van der Waals surface area contributed by atoms with E-state index in [1.165, 1.54) is 11.3 Å². The molecule has 0 aromatic carbocycles. The van der Waals surface area contributed by atoms with Gasteiger partial charge in [0.15, 0.2) is 0 Å². The average molecular weight is 201 g/mol. The molecular formula is C7H11N3O2S. The zero-order valence-corrected chi connectivity index (χ0v) is 8.13. The lowest BCUT2D eigenvalue weighted by Gasteiger charge is -2.02. The van der Waals surface area contributed by atoms with Crippen molar-refractivity contribution in [3.05, 3.63) is 5.51 Å². The van der Waals surface area contributed by atoms with Crippen LogP contribution in [0.25, 0.3) is 0 Å². The number of carbonyl (C=O) groups is 1. The van der Waals surface area contributed by atoms with Gasteiger partial charge < -0.3 is 4.74 Å². The summed E-state index contributed by atoms with van der Waals surface area (Å²) in [6.45, 7) is 2.48. The van der Waals surface area contributed by atoms with Crippen molar-refractivity contribution in [3.8, 4) is 0 Å². The van der Waals surface area contributed by atoms with E-state index in [1.807, 2.05) is 6.92 Å². The zero-order chi connectivity index (χ0) is 9.52. The maximum absolute atomic E-state index is 11.0. The predicted molar refractivity (Wildman–Crippen MR) is 49.8 cm³/mol. The van der Waals surface area contributed by atoms with Gasteiger partial charge in [-0.05, 0) is 6.42 Å². The Bertz CT molecular complexity index is 250. The lowest BCUT2D eigenvalue weighted by Crippen LogP contribution is -2.14. The Balaban J connectivity index is 2.18. The monoisotopic (exact) mass is 201 g/mol. The second-order valence-electron chi connectivity index (χ2n) is 2.36. The van der Waals surface area contributed by atoms with Gasteiger partial charge in [0.1, 0.15) is 5.51 Å². The number of aromatic nitrogens is 2. The number of unbranched alkanes of at least 4 members (excludes halogenated alkanes) is 1. The number of rotatable bonds is 4. The lowest BCUT2D eigenvalue weighted by molar-refractivity contribution is 0.160. The minimum absolute atomic E-state index is 0.446. The summed E-state index contributed by atoms with van der Waals surface area (Å²) in [4.78, 5) is 11.0. The first kappa shape index (κ1) is 9.91. The number of hydrogen-bond acceptors (Lipinski definition) is 5. The van der Waals surface area contributed by atoms with Crippen molar-refractivity contribution < 1.29 is 9.53 Å². The topological polar surface area (TPSA) is 64.1 Å². The highest BCUT2D eigenvalue weighted by Crippen LogP contribution is 2.07. The van der Waals surface area contributed by atoms with Crippen LogP contribution in [0.1, 0.15) is 19.8 Å². The Labute approximate surface area is 80.1 Å². The highest BCUT2D eigenvalue weighted by Gasteiger charge is 2.03. The average Bonchev–Trinajstić information content (AvgIpc) is 2.57. The van der Waals surface area contributed by atoms with Crippen LogP contribution in [0.2, 0.25) is 0 Å². The number of amides is 1. The van der Waals surface area contributed by atoms with Gasteiger partial charge in [0.05, 0.1) is 6.61 Å². The van der Waals surface area contributed by atoms with Gasteiger partial charge in [0.25, 0.3) is 0 Å². The lowest BCUT2D eigenvalue weighted by atomic mass is 10.4. The van der Waals surface area contributed by atoms with Crippen LogP contribution in [-0.2, 0) is 4.74 Å². The van der Waals surface area contributed by atoms with E-state index in [9.17, 15) is 4.79 Å². The van der Waals surface area contributed by atoms with Gasteiger partial charge in [-0.3, -0.25) is 5.32 Å². The Kier molecular flexibility index (Phi) is 4.17. The summed E-state index contributed by atoms with van der Waals surface area (Å²) >= 11 is 1.26. The van der Waals surface area contributed by atoms with E-state index in [-0.39, 0.29) is 0 Å². The van der Waals surface area contributed by atoms with Gasteiger partial charge in [0.2, 0.25) is 5.13 Å². The van der Waals surface area contributed by atoms with Crippen LogP contribution in [-0.4, -0.2) is 22.9 Å². The molecule has 1 aromatic heterocycles. The van der Waals surface area contributed by atoms with Crippen LogP contribution in [0.4, 0.5) is 9.93 Å². The molecule has 0 saturated heterocycles. The third-order valence-electron chi connectivity index (χ3n) is 1.30. The third-order valence-corrected chi connectivity index (χ3v) is 1.91. The molecule has 72 valence electrons. The van der Waals surface area contributed by atoms with Crippen LogP contribution in [0, 0.1) is 0 Å². The van der Waals surface area contributed by atoms with E-state index in [2.05, 4.69) is 15.5 Å². The smallest absolute Gasteiger partial charge is 0.413 e. The van der Waals surface area contributed by atoms with Crippen molar-refractivity contribution in [2.24, 2.45) is 0 Å². The second-order valence-corrected chi connectivity index (χ2v) is 3.19. The molecule has 0 unspecified atom stereocenters. The molecule has 0 aliphatic rings. The maximum Gasteiger partial charge on any atom is 0.413 e. The quantitative estimate of drug-likeness (QED) is 0.755. The number of nitrogens with one attached hydrogen (secondary N) is 1. The fourth-order valence-electron chi connectivity index (χ4n) is 0.660. The Morgan fingerprint density at radius 3 is 3.23 bits per heavy atom. The summed E-state index contributed by atoms with van der Waals surface area (Å²) in [6, 6.07) is 0. The predicted octanol–water partition coefficient (Wildman–Crippen LogP) is 1.89. The van der Waals surface area contributed by atoms with Gasteiger partial charge in [-0.2, -0.15) is 0 Å². The first-order valence-corrected chi connectivity index (χ1v) is 4.91. The van der Waals surface area contributed by atoms with E-state index in [0.29, 0.717) is 11.7 Å². The largest absolute Gasteiger partial charge is 0.449 e. The summed E-state index contributed by atoms with van der Waals surface area (Å²) in [5.74, 6) is 0. The van der Waals surface area contributed by atoms with Gasteiger partial charge >= 0.3 is 6.09 Å². The van der Waals surface area contributed by atoms with Crippen LogP contribution >= 0.6 is 11.3 Å². The molecule has 0 spiro atoms. The van der Waals surface area contributed by atoms with Crippen molar-refractivity contribution in [1.29, 1.82) is 0 Å². The molecule has 1 aromatic rings. The summed E-state index contributed by atoms with van der Waals surface area (Å²) < 4.78 is 4.84. The fourth-order valence-corrected chi connectivity index (χ4v) is 1.09. The maximum atomic E-state index is 11.0. The van der Waals surface area contributed by atoms with Crippen LogP contribution < -0.4 is 5.32 Å². The van der Waals surface area contributed by atoms with E-state index in [4.69, 9.17) is 4.74 Å². The molecule has 0 aliphatic heterocycles. The number of hydrogen-bond donors (Lipinski definition) is 1. The van der Waals surface area contributed by atoms with Gasteiger partial charge in [0, 0.05) is 0 Å². The summed E-state index contributed by atoms with van der Waals surface area (Å²) in [7, 11) is 0. The fraction of sp³-hybridized carbons (Fsp3) is 0.571. The van der Waals surface area contributed by atoms with Crippen molar-refractivity contribution in [2.75, 3.05) is 11.9 Å². The Hall–Kier alpha value is -1.17. The second kappa shape index (κ2) is 5.47. The van der Waals surface area contributed by atoms with Crippen molar-refractivity contribution in [3.63, 3.8) is 0 Å². The molecule has 0 radical (unpaired) electrons. The first-order valence-electron chi connectivity index (χ1n) is 4.03. The summed E-state index contributed by atoms with van der Waals surface area (Å²) in [5, 5.41) is 10.1. The summed E-state index contributed by atoms with van der Waals surface area (Å²) in [6.07, 6.45) is 1.42. The van der Waals surface area contributed by atoms with E-state index < -0.39 is 6.09 Å². The molecule has 6 heteroatoms. The normalized spacial score (nSPS) is 9.62. The Morgan fingerprint density at radius 2 is 2.62 bits per heavy atom. The Morgan fingerprint density at radius 1 is 1.77 bits per heavy atom. The standard InChI is InChI=1S/C7H11N3O2S/c1-2-3-4-12-7(11)9-6-10-8-5-13-6/h5H,2-4H2,1H3,(H,9,10,11). The molecule has 0 bridgehead atoms. The molecule has 1 rings (SSSR count). The highest BCUT2D eigenvalue weighted by atomic mass is 32.1. The number of anilines is 1. The van der Waals surface area contributed by atoms with Crippen LogP contribution in [0.5, 0.6) is 0 Å². The third kappa shape index (κ3) is 3.84. The molecule has 13 heavy (non-hydrogen) atoms. The van der Waals surface area contributed by atoms with Gasteiger partial charge in [-0.25, -0.2) is 4.79 Å². The zero-order valence-electron chi connectivity index (χ0n) is 7.32. The molecule has 0 saturated carbocycles. The molecule has 0 atom stereocenters. The minimum Gasteiger partial charge on any atom is -0.449 e. The molecular weight excluding hydrogens is 190 g/mol. The van der Waals surface area contributed by atoms with Crippen molar-refractivity contribution >= 4 is 22.6 Å².